The molecule has 0 atom stereocenters. The van der Waals surface area contributed by atoms with Crippen molar-refractivity contribution in [2.45, 2.75) is 13.5 Å². The maximum absolute atomic E-state index is 11.2. The van der Waals surface area contributed by atoms with Crippen LogP contribution in [-0.4, -0.2) is 37.9 Å². The second-order valence-electron chi connectivity index (χ2n) is 6.82. The lowest BCUT2D eigenvalue weighted by Gasteiger charge is -2.13. The molecular weight excluding hydrogens is 396 g/mol. The number of aromatic nitrogens is 1. The molecule has 148 valence electrons. The van der Waals surface area contributed by atoms with Gasteiger partial charge in [-0.3, -0.25) is 4.55 Å². The molecule has 2 aromatic carbocycles. The van der Waals surface area contributed by atoms with Crippen LogP contribution in [0.25, 0.3) is 22.4 Å². The summed E-state index contributed by atoms with van der Waals surface area (Å²) >= 11 is 1.53. The SMILES string of the molecule is Cc1ccc2sc(/C=C/c3ccc(N(C)C)cc3O)[n+](CCS(=O)(=O)O)c2c1. The van der Waals surface area contributed by atoms with Crippen molar-refractivity contribution in [3.05, 3.63) is 52.5 Å². The van der Waals surface area contributed by atoms with E-state index in [1.54, 1.807) is 12.1 Å². The number of anilines is 1. The monoisotopic (exact) mass is 419 g/mol. The first-order valence-corrected chi connectivity index (χ1v) is 11.1. The summed E-state index contributed by atoms with van der Waals surface area (Å²) in [5, 5.41) is 11.1. The zero-order valence-electron chi connectivity index (χ0n) is 16.0. The highest BCUT2D eigenvalue weighted by molar-refractivity contribution is 7.85. The third-order valence-corrected chi connectivity index (χ3v) is 6.22. The molecule has 0 amide bonds. The number of phenolic OH excluding ortho intramolecular Hbond substituents is 1. The number of hydrogen-bond donors (Lipinski definition) is 2. The zero-order chi connectivity index (χ0) is 20.5. The molecule has 1 heterocycles. The molecule has 0 aliphatic rings. The molecule has 0 unspecified atom stereocenters. The van der Waals surface area contributed by atoms with Gasteiger partial charge in [0.05, 0.1) is 0 Å². The second-order valence-corrected chi connectivity index (χ2v) is 9.45. The van der Waals surface area contributed by atoms with Crippen LogP contribution in [0, 0.1) is 6.92 Å². The molecule has 0 radical (unpaired) electrons. The Kier molecular flexibility index (Phi) is 5.74. The minimum absolute atomic E-state index is 0.146. The molecule has 6 nitrogen and oxygen atoms in total. The van der Waals surface area contributed by atoms with Crippen LogP contribution in [0.4, 0.5) is 5.69 Å². The smallest absolute Gasteiger partial charge is 0.271 e. The van der Waals surface area contributed by atoms with Crippen molar-refractivity contribution in [3.8, 4) is 5.75 Å². The van der Waals surface area contributed by atoms with Gasteiger partial charge in [-0.25, -0.2) is 0 Å². The molecule has 0 fully saturated rings. The van der Waals surface area contributed by atoms with Crippen molar-refractivity contribution in [1.29, 1.82) is 0 Å². The van der Waals surface area contributed by atoms with E-state index >= 15 is 0 Å². The summed E-state index contributed by atoms with van der Waals surface area (Å²) in [6, 6.07) is 11.4. The number of fused-ring (bicyclic) bond motifs is 1. The Morgan fingerprint density at radius 2 is 1.89 bits per heavy atom. The molecule has 0 aliphatic carbocycles. The molecule has 0 bridgehead atoms. The number of nitrogens with zero attached hydrogens (tertiary/aromatic N) is 2. The molecule has 3 aromatic rings. The van der Waals surface area contributed by atoms with Crippen LogP contribution in [0.15, 0.2) is 36.4 Å². The van der Waals surface area contributed by atoms with E-state index in [1.807, 2.05) is 66.9 Å². The molecular formula is C20H23N2O4S2+. The molecule has 1 aromatic heterocycles. The Labute approximate surface area is 168 Å². The highest BCUT2D eigenvalue weighted by atomic mass is 32.2. The molecule has 8 heteroatoms. The van der Waals surface area contributed by atoms with Gasteiger partial charge in [0.1, 0.15) is 16.2 Å². The summed E-state index contributed by atoms with van der Waals surface area (Å²) in [6.45, 7) is 2.12. The zero-order valence-corrected chi connectivity index (χ0v) is 17.6. The van der Waals surface area contributed by atoms with Crippen molar-refractivity contribution in [3.63, 3.8) is 0 Å². The van der Waals surface area contributed by atoms with Gasteiger partial charge >= 0.3 is 0 Å². The van der Waals surface area contributed by atoms with Crippen molar-refractivity contribution < 1.29 is 22.6 Å². The predicted molar refractivity (Wildman–Crippen MR) is 115 cm³/mol. The van der Waals surface area contributed by atoms with E-state index in [1.165, 1.54) is 11.3 Å². The van der Waals surface area contributed by atoms with Crippen molar-refractivity contribution in [2.24, 2.45) is 0 Å². The normalized spacial score (nSPS) is 12.1. The standard InChI is InChI=1S/C20H22N2O4S2/c1-14-4-8-19-17(12-14)22(10-11-28(24,25)26)20(27-19)9-6-15-5-7-16(21(2)3)13-18(15)23/h4-9,12-13H,10-11H2,1-3H3,(H,24,25,26)/p+1. The van der Waals surface area contributed by atoms with Gasteiger partial charge in [-0.2, -0.15) is 13.0 Å². The number of rotatable bonds is 6. The van der Waals surface area contributed by atoms with E-state index < -0.39 is 10.1 Å². The Bertz CT molecular complexity index is 1150. The number of benzene rings is 2. The quantitative estimate of drug-likeness (QED) is 0.473. The summed E-state index contributed by atoms with van der Waals surface area (Å²) in [4.78, 5) is 1.91. The molecule has 3 rings (SSSR count). The molecule has 0 spiro atoms. The molecule has 0 saturated heterocycles. The lowest BCUT2D eigenvalue weighted by molar-refractivity contribution is -0.664. The highest BCUT2D eigenvalue weighted by Crippen LogP contribution is 2.27. The van der Waals surface area contributed by atoms with Gasteiger partial charge in [0, 0.05) is 43.6 Å². The van der Waals surface area contributed by atoms with Gasteiger partial charge < -0.3 is 10.0 Å². The molecule has 28 heavy (non-hydrogen) atoms. The van der Waals surface area contributed by atoms with Gasteiger partial charge in [0.25, 0.3) is 15.1 Å². The molecule has 0 saturated carbocycles. The minimum atomic E-state index is -4.07. The van der Waals surface area contributed by atoms with Gasteiger partial charge in [-0.15, -0.1) is 0 Å². The van der Waals surface area contributed by atoms with Gasteiger partial charge in [-0.1, -0.05) is 17.4 Å². The van der Waals surface area contributed by atoms with Crippen molar-refractivity contribution in [1.82, 2.24) is 0 Å². The van der Waals surface area contributed by atoms with Crippen LogP contribution in [0.1, 0.15) is 16.1 Å². The second kappa shape index (κ2) is 7.90. The first kappa shape index (κ1) is 20.3. The summed E-state index contributed by atoms with van der Waals surface area (Å²) in [7, 11) is -0.259. The van der Waals surface area contributed by atoms with Crippen LogP contribution in [0.3, 0.4) is 0 Å². The maximum Gasteiger partial charge on any atom is 0.271 e. The number of thiazole rings is 1. The Hall–Kier alpha value is -2.42. The van der Waals surface area contributed by atoms with E-state index in [0.29, 0.717) is 5.56 Å². The Balaban J connectivity index is 2.01. The number of hydrogen-bond acceptors (Lipinski definition) is 5. The van der Waals surface area contributed by atoms with Crippen molar-refractivity contribution in [2.75, 3.05) is 24.7 Å². The summed E-state index contributed by atoms with van der Waals surface area (Å²) in [6.07, 6.45) is 3.66. The predicted octanol–water partition coefficient (Wildman–Crippen LogP) is 3.33. The van der Waals surface area contributed by atoms with Crippen molar-refractivity contribution >= 4 is 49.5 Å². The average Bonchev–Trinajstić information content (AvgIpc) is 2.94. The van der Waals surface area contributed by atoms with Gasteiger partial charge in [-0.05, 0) is 36.8 Å². The third-order valence-electron chi connectivity index (χ3n) is 4.39. The summed E-state index contributed by atoms with van der Waals surface area (Å²) < 4.78 is 34.5. The van der Waals surface area contributed by atoms with E-state index in [2.05, 4.69) is 0 Å². The first-order chi connectivity index (χ1) is 13.1. The van der Waals surface area contributed by atoms with Crippen LogP contribution >= 0.6 is 11.3 Å². The number of aromatic hydroxyl groups is 1. The minimum Gasteiger partial charge on any atom is -0.507 e. The highest BCUT2D eigenvalue weighted by Gasteiger charge is 2.21. The average molecular weight is 420 g/mol. The lowest BCUT2D eigenvalue weighted by Crippen LogP contribution is -2.38. The molecule has 0 aliphatic heterocycles. The molecule has 2 N–H and O–H groups in total. The lowest BCUT2D eigenvalue weighted by atomic mass is 10.1. The van der Waals surface area contributed by atoms with E-state index in [4.69, 9.17) is 4.55 Å². The fraction of sp³-hybridized carbons (Fsp3) is 0.250. The van der Waals surface area contributed by atoms with E-state index in [0.717, 1.165) is 26.5 Å². The topological polar surface area (TPSA) is 81.7 Å². The van der Waals surface area contributed by atoms with Gasteiger partial charge in [0.2, 0.25) is 5.52 Å². The van der Waals surface area contributed by atoms with Crippen LogP contribution in [0.5, 0.6) is 5.75 Å². The summed E-state index contributed by atoms with van der Waals surface area (Å²) in [5.74, 6) is -0.190. The van der Waals surface area contributed by atoms with E-state index in [-0.39, 0.29) is 18.0 Å². The number of aryl methyl sites for hydroxylation is 2. The number of phenols is 1. The summed E-state index contributed by atoms with van der Waals surface area (Å²) in [5.41, 5.74) is 3.55. The Morgan fingerprint density at radius 1 is 1.14 bits per heavy atom. The third kappa shape index (κ3) is 4.70. The van der Waals surface area contributed by atoms with Crippen LogP contribution < -0.4 is 9.47 Å². The van der Waals surface area contributed by atoms with Gasteiger partial charge in [0.15, 0.2) is 6.54 Å². The largest absolute Gasteiger partial charge is 0.507 e. The maximum atomic E-state index is 11.2. The fourth-order valence-electron chi connectivity index (χ4n) is 2.88. The van der Waals surface area contributed by atoms with Crippen LogP contribution in [0.2, 0.25) is 0 Å². The van der Waals surface area contributed by atoms with Crippen LogP contribution in [-0.2, 0) is 16.7 Å². The first-order valence-electron chi connectivity index (χ1n) is 8.70. The van der Waals surface area contributed by atoms with E-state index in [9.17, 15) is 13.5 Å². The Morgan fingerprint density at radius 3 is 2.54 bits per heavy atom. The fourth-order valence-corrected chi connectivity index (χ4v) is 4.37.